The normalized spacial score (nSPS) is 20.7. The van der Waals surface area contributed by atoms with Gasteiger partial charge >= 0.3 is 0 Å². The lowest BCUT2D eigenvalue weighted by Crippen LogP contribution is -2.60. The standard InChI is InChI=1S/C50H97NO8/c1-3-5-7-9-11-13-15-17-19-21-23-25-27-29-31-33-35-37-39-44(53)43(42-58-50-49(57)48(56)47(55)45(41-52)59-50)51-46(54)40-38-36-34-32-30-28-26-24-22-20-18-16-14-12-10-8-6-4-2/h20,22,43-45,47-50,52-53,55-57H,3-19,21,23-42H2,1-2H3,(H,51,54)/b22-20-. The molecular weight excluding hydrogens is 743 g/mol. The monoisotopic (exact) mass is 840 g/mol. The summed E-state index contributed by atoms with van der Waals surface area (Å²) in [7, 11) is 0. The minimum Gasteiger partial charge on any atom is -0.394 e. The third kappa shape index (κ3) is 31.4. The third-order valence-corrected chi connectivity index (χ3v) is 12.4. The molecule has 1 heterocycles. The van der Waals surface area contributed by atoms with Gasteiger partial charge in [-0.1, -0.05) is 212 Å². The fraction of sp³-hybridized carbons (Fsp3) is 0.940. The van der Waals surface area contributed by atoms with Gasteiger partial charge in [-0.2, -0.15) is 0 Å². The van der Waals surface area contributed by atoms with E-state index in [1.807, 2.05) is 0 Å². The number of rotatable bonds is 43. The van der Waals surface area contributed by atoms with Gasteiger partial charge in [0.25, 0.3) is 0 Å². The summed E-state index contributed by atoms with van der Waals surface area (Å²) >= 11 is 0. The molecule has 0 saturated carbocycles. The van der Waals surface area contributed by atoms with E-state index in [0.29, 0.717) is 12.8 Å². The van der Waals surface area contributed by atoms with Crippen molar-refractivity contribution in [3.05, 3.63) is 12.2 Å². The molecular formula is C50H97NO8. The molecule has 1 rings (SSSR count). The molecule has 0 bridgehead atoms. The molecule has 0 aromatic heterocycles. The number of hydrogen-bond donors (Lipinski definition) is 6. The zero-order valence-electron chi connectivity index (χ0n) is 38.5. The second-order valence-electron chi connectivity index (χ2n) is 18.0. The van der Waals surface area contributed by atoms with Crippen molar-refractivity contribution in [3.8, 4) is 0 Å². The molecule has 7 atom stereocenters. The minimum absolute atomic E-state index is 0.136. The molecule has 1 aliphatic rings. The summed E-state index contributed by atoms with van der Waals surface area (Å²) in [6.07, 6.45) is 40.7. The van der Waals surface area contributed by atoms with Crippen LogP contribution in [0.25, 0.3) is 0 Å². The van der Waals surface area contributed by atoms with Crippen LogP contribution in [0.2, 0.25) is 0 Å². The Morgan fingerprint density at radius 3 is 1.37 bits per heavy atom. The summed E-state index contributed by atoms with van der Waals surface area (Å²) in [6, 6.07) is -0.717. The van der Waals surface area contributed by atoms with E-state index in [4.69, 9.17) is 9.47 Å². The van der Waals surface area contributed by atoms with Gasteiger partial charge < -0.3 is 40.3 Å². The van der Waals surface area contributed by atoms with Crippen LogP contribution < -0.4 is 5.32 Å². The molecule has 0 aromatic carbocycles. The predicted molar refractivity (Wildman–Crippen MR) is 244 cm³/mol. The average molecular weight is 840 g/mol. The first-order valence-electron chi connectivity index (χ1n) is 25.4. The average Bonchev–Trinajstić information content (AvgIpc) is 3.23. The van der Waals surface area contributed by atoms with Crippen molar-refractivity contribution < 1.29 is 39.8 Å². The topological polar surface area (TPSA) is 149 Å². The van der Waals surface area contributed by atoms with Gasteiger partial charge in [0.2, 0.25) is 5.91 Å². The largest absolute Gasteiger partial charge is 0.394 e. The molecule has 1 fully saturated rings. The number of aliphatic hydroxyl groups is 5. The lowest BCUT2D eigenvalue weighted by atomic mass is 9.99. The molecule has 59 heavy (non-hydrogen) atoms. The highest BCUT2D eigenvalue weighted by atomic mass is 16.7. The van der Waals surface area contributed by atoms with Crippen molar-refractivity contribution in [3.63, 3.8) is 0 Å². The van der Waals surface area contributed by atoms with Gasteiger partial charge in [-0.15, -0.1) is 0 Å². The summed E-state index contributed by atoms with van der Waals surface area (Å²) in [4.78, 5) is 13.0. The summed E-state index contributed by atoms with van der Waals surface area (Å²) in [6.45, 7) is 3.85. The Labute approximate surface area is 363 Å². The van der Waals surface area contributed by atoms with Crippen molar-refractivity contribution in [2.24, 2.45) is 0 Å². The predicted octanol–water partition coefficient (Wildman–Crippen LogP) is 11.3. The minimum atomic E-state index is -1.55. The number of aliphatic hydroxyl groups excluding tert-OH is 5. The Kier molecular flexibility index (Phi) is 38.9. The van der Waals surface area contributed by atoms with Gasteiger partial charge in [0, 0.05) is 6.42 Å². The Morgan fingerprint density at radius 2 is 0.949 bits per heavy atom. The van der Waals surface area contributed by atoms with E-state index in [0.717, 1.165) is 38.5 Å². The second kappa shape index (κ2) is 41.0. The van der Waals surface area contributed by atoms with Gasteiger partial charge in [0.1, 0.15) is 24.4 Å². The van der Waals surface area contributed by atoms with Crippen molar-refractivity contribution in [1.29, 1.82) is 0 Å². The Bertz CT molecular complexity index is 935. The smallest absolute Gasteiger partial charge is 0.220 e. The summed E-state index contributed by atoms with van der Waals surface area (Å²) in [5, 5.41) is 54.5. The summed E-state index contributed by atoms with van der Waals surface area (Å²) in [5.41, 5.74) is 0. The highest BCUT2D eigenvalue weighted by molar-refractivity contribution is 5.76. The zero-order valence-corrected chi connectivity index (χ0v) is 38.5. The van der Waals surface area contributed by atoms with Gasteiger partial charge in [-0.3, -0.25) is 4.79 Å². The highest BCUT2D eigenvalue weighted by Gasteiger charge is 2.44. The molecule has 6 N–H and O–H groups in total. The molecule has 7 unspecified atom stereocenters. The van der Waals surface area contributed by atoms with Crippen molar-refractivity contribution in [2.75, 3.05) is 13.2 Å². The van der Waals surface area contributed by atoms with Crippen LogP contribution in [-0.4, -0.2) is 87.5 Å². The number of hydrogen-bond acceptors (Lipinski definition) is 8. The van der Waals surface area contributed by atoms with Crippen LogP contribution >= 0.6 is 0 Å². The van der Waals surface area contributed by atoms with Gasteiger partial charge in [-0.25, -0.2) is 0 Å². The zero-order chi connectivity index (χ0) is 43.0. The second-order valence-corrected chi connectivity index (χ2v) is 18.0. The maximum Gasteiger partial charge on any atom is 0.220 e. The van der Waals surface area contributed by atoms with Crippen LogP contribution in [0.4, 0.5) is 0 Å². The Morgan fingerprint density at radius 1 is 0.559 bits per heavy atom. The molecule has 1 amide bonds. The van der Waals surface area contributed by atoms with Crippen molar-refractivity contribution in [2.45, 2.75) is 288 Å². The van der Waals surface area contributed by atoms with Crippen LogP contribution in [0, 0.1) is 0 Å². The van der Waals surface area contributed by atoms with Crippen LogP contribution in [0.3, 0.4) is 0 Å². The fourth-order valence-corrected chi connectivity index (χ4v) is 8.27. The van der Waals surface area contributed by atoms with E-state index in [-0.39, 0.29) is 12.5 Å². The molecule has 0 radical (unpaired) electrons. The first kappa shape index (κ1) is 55.9. The maximum absolute atomic E-state index is 13.0. The summed E-state index contributed by atoms with van der Waals surface area (Å²) < 4.78 is 11.3. The SMILES string of the molecule is CCCCCCCCC/C=C\CCCCCCCCCC(=O)NC(COC1OC(CO)C(O)C(O)C1O)C(O)CCCCCCCCCCCCCCCCCCCC. The quantitative estimate of drug-likeness (QED) is 0.0263. The van der Waals surface area contributed by atoms with Gasteiger partial charge in [-0.05, 0) is 38.5 Å². The first-order chi connectivity index (χ1) is 28.8. The lowest BCUT2D eigenvalue weighted by Gasteiger charge is -2.40. The van der Waals surface area contributed by atoms with E-state index < -0.39 is 49.5 Å². The number of carbonyl (C=O) groups is 1. The van der Waals surface area contributed by atoms with Gasteiger partial charge in [0.05, 0.1) is 25.4 Å². The maximum atomic E-state index is 13.0. The van der Waals surface area contributed by atoms with E-state index in [2.05, 4.69) is 31.3 Å². The third-order valence-electron chi connectivity index (χ3n) is 12.4. The lowest BCUT2D eigenvalue weighted by molar-refractivity contribution is -0.302. The van der Waals surface area contributed by atoms with Crippen LogP contribution in [-0.2, 0) is 14.3 Å². The van der Waals surface area contributed by atoms with E-state index >= 15 is 0 Å². The molecule has 0 aromatic rings. The number of carbonyl (C=O) groups excluding carboxylic acids is 1. The number of allylic oxidation sites excluding steroid dienone is 2. The molecule has 0 spiro atoms. The highest BCUT2D eigenvalue weighted by Crippen LogP contribution is 2.23. The first-order valence-corrected chi connectivity index (χ1v) is 25.4. The molecule has 350 valence electrons. The Balaban J connectivity index is 2.28. The van der Waals surface area contributed by atoms with Crippen LogP contribution in [0.15, 0.2) is 12.2 Å². The molecule has 9 heteroatoms. The molecule has 1 saturated heterocycles. The van der Waals surface area contributed by atoms with E-state index in [1.165, 1.54) is 180 Å². The Hall–Kier alpha value is -1.07. The molecule has 1 aliphatic heterocycles. The molecule has 0 aliphatic carbocycles. The van der Waals surface area contributed by atoms with Gasteiger partial charge in [0.15, 0.2) is 6.29 Å². The number of nitrogens with one attached hydrogen (secondary N) is 1. The summed E-state index contributed by atoms with van der Waals surface area (Å²) in [5.74, 6) is -0.146. The molecule has 9 nitrogen and oxygen atoms in total. The van der Waals surface area contributed by atoms with E-state index in [1.54, 1.807) is 0 Å². The number of amides is 1. The fourth-order valence-electron chi connectivity index (χ4n) is 8.27. The van der Waals surface area contributed by atoms with Crippen molar-refractivity contribution in [1.82, 2.24) is 5.32 Å². The van der Waals surface area contributed by atoms with Crippen molar-refractivity contribution >= 4 is 5.91 Å². The number of unbranched alkanes of at least 4 members (excludes halogenated alkanes) is 31. The number of ether oxygens (including phenoxy) is 2. The van der Waals surface area contributed by atoms with Crippen LogP contribution in [0.5, 0.6) is 0 Å². The van der Waals surface area contributed by atoms with E-state index in [9.17, 15) is 30.3 Å². The van der Waals surface area contributed by atoms with Crippen LogP contribution in [0.1, 0.15) is 245 Å².